The van der Waals surface area contributed by atoms with E-state index in [9.17, 15) is 4.79 Å². The minimum Gasteiger partial charge on any atom is -0.219 e. The maximum atomic E-state index is 11.1. The number of carbonyl (C=O) groups is 1. The first kappa shape index (κ1) is 9.34. The maximum Gasteiger partial charge on any atom is 0.388 e. The third kappa shape index (κ3) is 2.76. The minimum atomic E-state index is 0.127. The van der Waals surface area contributed by atoms with E-state index in [0.717, 1.165) is 12.8 Å². The Morgan fingerprint density at radius 3 is 2.50 bits per heavy atom. The third-order valence-corrected chi connectivity index (χ3v) is 1.52. The van der Waals surface area contributed by atoms with Gasteiger partial charge in [0.25, 0.3) is 0 Å². The standard InChI is InChI=1S/C8H16NO/c1-5-6-7(2)8(10)9(3)4/h7H,3,5-6H2,1-2,4H3/q+1. The van der Waals surface area contributed by atoms with Gasteiger partial charge in [0.05, 0.1) is 5.92 Å². The molecule has 0 radical (unpaired) electrons. The minimum absolute atomic E-state index is 0.127. The van der Waals surface area contributed by atoms with Gasteiger partial charge in [-0.1, -0.05) is 13.3 Å². The summed E-state index contributed by atoms with van der Waals surface area (Å²) in [6, 6.07) is 0. The Morgan fingerprint density at radius 1 is 1.70 bits per heavy atom. The van der Waals surface area contributed by atoms with E-state index in [2.05, 4.69) is 13.6 Å². The normalized spacial score (nSPS) is 12.7. The summed E-state index contributed by atoms with van der Waals surface area (Å²) in [6.45, 7) is 7.54. The fourth-order valence-corrected chi connectivity index (χ4v) is 0.933. The second kappa shape index (κ2) is 4.20. The lowest BCUT2D eigenvalue weighted by Crippen LogP contribution is -2.21. The number of rotatable bonds is 3. The average molecular weight is 142 g/mol. The van der Waals surface area contributed by atoms with Crippen molar-refractivity contribution in [2.24, 2.45) is 5.92 Å². The molecule has 2 heteroatoms. The summed E-state index contributed by atoms with van der Waals surface area (Å²) in [5.41, 5.74) is 0. The van der Waals surface area contributed by atoms with Crippen molar-refractivity contribution in [3.8, 4) is 0 Å². The molecule has 0 aromatic heterocycles. The lowest BCUT2D eigenvalue weighted by atomic mass is 10.1. The lowest BCUT2D eigenvalue weighted by molar-refractivity contribution is -0.414. The number of amides is 1. The zero-order valence-electron chi connectivity index (χ0n) is 7.05. The Kier molecular flexibility index (Phi) is 3.93. The topological polar surface area (TPSA) is 20.1 Å². The summed E-state index contributed by atoms with van der Waals surface area (Å²) in [7, 11) is 1.69. The van der Waals surface area contributed by atoms with Crippen LogP contribution < -0.4 is 0 Å². The Bertz CT molecular complexity index is 140. The number of carbonyl (C=O) groups excluding carboxylic acids is 1. The van der Waals surface area contributed by atoms with Crippen molar-refractivity contribution < 1.29 is 9.37 Å². The molecular formula is C8H16NO+. The van der Waals surface area contributed by atoms with Crippen molar-refractivity contribution in [3.05, 3.63) is 0 Å². The number of hydrogen-bond acceptors (Lipinski definition) is 1. The largest absolute Gasteiger partial charge is 0.388 e. The second-order valence-corrected chi connectivity index (χ2v) is 2.73. The molecule has 0 saturated heterocycles. The summed E-state index contributed by atoms with van der Waals surface area (Å²) >= 11 is 0. The van der Waals surface area contributed by atoms with Crippen molar-refractivity contribution in [1.82, 2.24) is 0 Å². The van der Waals surface area contributed by atoms with Crippen LogP contribution in [0.2, 0.25) is 0 Å². The van der Waals surface area contributed by atoms with Gasteiger partial charge in [-0.05, 0) is 13.3 Å². The van der Waals surface area contributed by atoms with Crippen LogP contribution in [0.3, 0.4) is 0 Å². The van der Waals surface area contributed by atoms with E-state index in [-0.39, 0.29) is 11.8 Å². The molecule has 1 amide bonds. The highest BCUT2D eigenvalue weighted by Gasteiger charge is 2.18. The molecule has 0 heterocycles. The fraction of sp³-hybridized carbons (Fsp3) is 0.750. The quantitative estimate of drug-likeness (QED) is 0.429. The van der Waals surface area contributed by atoms with E-state index in [1.165, 1.54) is 4.58 Å². The van der Waals surface area contributed by atoms with Gasteiger partial charge in [0, 0.05) is 0 Å². The van der Waals surface area contributed by atoms with Gasteiger partial charge in [0.2, 0.25) is 0 Å². The zero-order valence-corrected chi connectivity index (χ0v) is 7.05. The highest BCUT2D eigenvalue weighted by Crippen LogP contribution is 2.05. The van der Waals surface area contributed by atoms with E-state index < -0.39 is 0 Å². The van der Waals surface area contributed by atoms with Crippen molar-refractivity contribution in [3.63, 3.8) is 0 Å². The first-order valence-electron chi connectivity index (χ1n) is 3.67. The van der Waals surface area contributed by atoms with E-state index in [1.807, 2.05) is 6.92 Å². The molecule has 0 N–H and O–H groups in total. The van der Waals surface area contributed by atoms with E-state index in [1.54, 1.807) is 7.05 Å². The SMILES string of the molecule is C=[N+](C)C(=O)C(C)CCC. The van der Waals surface area contributed by atoms with Crippen molar-refractivity contribution in [1.29, 1.82) is 0 Å². The number of hydrogen-bond donors (Lipinski definition) is 0. The van der Waals surface area contributed by atoms with E-state index >= 15 is 0 Å². The van der Waals surface area contributed by atoms with Crippen LogP contribution in [-0.2, 0) is 4.79 Å². The van der Waals surface area contributed by atoms with E-state index in [4.69, 9.17) is 0 Å². The Labute approximate surface area is 62.6 Å². The summed E-state index contributed by atoms with van der Waals surface area (Å²) < 4.78 is 1.40. The van der Waals surface area contributed by atoms with E-state index in [0.29, 0.717) is 0 Å². The van der Waals surface area contributed by atoms with Crippen LogP contribution in [-0.4, -0.2) is 24.2 Å². The Balaban J connectivity index is 3.82. The van der Waals surface area contributed by atoms with Crippen molar-refractivity contribution in [2.45, 2.75) is 26.7 Å². The molecule has 0 rings (SSSR count). The lowest BCUT2D eigenvalue weighted by Gasteiger charge is -2.01. The van der Waals surface area contributed by atoms with Crippen LogP contribution in [0.1, 0.15) is 26.7 Å². The van der Waals surface area contributed by atoms with Crippen molar-refractivity contribution in [2.75, 3.05) is 7.05 Å². The van der Waals surface area contributed by atoms with Crippen LogP contribution in [0.25, 0.3) is 0 Å². The molecule has 0 aromatic rings. The molecule has 0 aliphatic heterocycles. The molecule has 2 nitrogen and oxygen atoms in total. The molecular weight excluding hydrogens is 126 g/mol. The average Bonchev–Trinajstić information content (AvgIpc) is 1.87. The third-order valence-electron chi connectivity index (χ3n) is 1.52. The van der Waals surface area contributed by atoms with Gasteiger partial charge in [0.1, 0.15) is 13.8 Å². The van der Waals surface area contributed by atoms with Crippen molar-refractivity contribution >= 4 is 12.6 Å². The molecule has 0 spiro atoms. The number of nitrogens with zero attached hydrogens (tertiary/aromatic N) is 1. The molecule has 10 heavy (non-hydrogen) atoms. The van der Waals surface area contributed by atoms with Gasteiger partial charge in [-0.25, -0.2) is 4.79 Å². The van der Waals surface area contributed by atoms with Gasteiger partial charge >= 0.3 is 5.91 Å². The first-order valence-corrected chi connectivity index (χ1v) is 3.67. The smallest absolute Gasteiger partial charge is 0.219 e. The fourth-order valence-electron chi connectivity index (χ4n) is 0.933. The highest BCUT2D eigenvalue weighted by atomic mass is 16.2. The molecule has 0 aliphatic rings. The summed E-state index contributed by atoms with van der Waals surface area (Å²) in [4.78, 5) is 11.1. The molecule has 0 fully saturated rings. The zero-order chi connectivity index (χ0) is 8.15. The summed E-state index contributed by atoms with van der Waals surface area (Å²) in [5.74, 6) is 0.259. The first-order chi connectivity index (χ1) is 4.59. The predicted molar refractivity (Wildman–Crippen MR) is 42.4 cm³/mol. The van der Waals surface area contributed by atoms with Crippen LogP contribution in [0.15, 0.2) is 0 Å². The summed E-state index contributed by atoms with van der Waals surface area (Å²) in [6.07, 6.45) is 2.01. The monoisotopic (exact) mass is 142 g/mol. The molecule has 1 atom stereocenters. The van der Waals surface area contributed by atoms with Gasteiger partial charge < -0.3 is 0 Å². The molecule has 58 valence electrons. The maximum absolute atomic E-state index is 11.1. The van der Waals surface area contributed by atoms with Crippen LogP contribution in [0.4, 0.5) is 0 Å². The highest BCUT2D eigenvalue weighted by molar-refractivity contribution is 5.71. The van der Waals surface area contributed by atoms with Crippen LogP contribution in [0.5, 0.6) is 0 Å². The second-order valence-electron chi connectivity index (χ2n) is 2.73. The Morgan fingerprint density at radius 2 is 2.20 bits per heavy atom. The predicted octanol–water partition coefficient (Wildman–Crippen LogP) is 1.29. The Hall–Kier alpha value is -0.660. The van der Waals surface area contributed by atoms with Crippen LogP contribution >= 0.6 is 0 Å². The molecule has 0 aromatic carbocycles. The summed E-state index contributed by atoms with van der Waals surface area (Å²) in [5, 5.41) is 0. The van der Waals surface area contributed by atoms with Gasteiger partial charge in [-0.15, -0.1) is 0 Å². The molecule has 0 aliphatic carbocycles. The molecule has 0 saturated carbocycles. The van der Waals surface area contributed by atoms with Gasteiger partial charge in [-0.3, -0.25) is 0 Å². The molecule has 1 unspecified atom stereocenters. The van der Waals surface area contributed by atoms with Crippen LogP contribution in [0, 0.1) is 5.92 Å². The van der Waals surface area contributed by atoms with Gasteiger partial charge in [0.15, 0.2) is 0 Å². The molecule has 0 bridgehead atoms. The van der Waals surface area contributed by atoms with Gasteiger partial charge in [-0.2, -0.15) is 4.58 Å².